The zero-order valence-corrected chi connectivity index (χ0v) is 21.6. The van der Waals surface area contributed by atoms with Crippen molar-refractivity contribution in [1.29, 1.82) is 0 Å². The third-order valence-electron chi connectivity index (χ3n) is 6.51. The second kappa shape index (κ2) is 11.3. The maximum Gasteiger partial charge on any atom is 0.215 e. The van der Waals surface area contributed by atoms with Crippen molar-refractivity contribution in [2.45, 2.75) is 18.4 Å². The third-order valence-corrected chi connectivity index (χ3v) is 7.06. The van der Waals surface area contributed by atoms with Gasteiger partial charge in [0, 0.05) is 61.4 Å². The molecule has 1 aromatic heterocycles. The number of anilines is 1. The Morgan fingerprint density at radius 1 is 1.14 bits per heavy atom. The van der Waals surface area contributed by atoms with E-state index in [0.717, 1.165) is 24.5 Å². The number of rotatable bonds is 9. The minimum atomic E-state index is -1.10. The average Bonchev–Trinajstić information content (AvgIpc) is 3.54. The van der Waals surface area contributed by atoms with Crippen LogP contribution in [0.25, 0.3) is 0 Å². The van der Waals surface area contributed by atoms with Crippen LogP contribution in [-0.4, -0.2) is 72.5 Å². The molecule has 37 heavy (non-hydrogen) atoms. The Labute approximate surface area is 225 Å². The van der Waals surface area contributed by atoms with Crippen LogP contribution in [0.3, 0.4) is 0 Å². The van der Waals surface area contributed by atoms with Gasteiger partial charge in [-0.05, 0) is 36.4 Å². The summed E-state index contributed by atoms with van der Waals surface area (Å²) in [5.74, 6) is -1.42. The van der Waals surface area contributed by atoms with Crippen molar-refractivity contribution in [2.24, 2.45) is 0 Å². The molecular weight excluding hydrogens is 519 g/mol. The molecule has 11 heteroatoms. The van der Waals surface area contributed by atoms with Crippen molar-refractivity contribution >= 4 is 34.9 Å². The molecule has 2 aliphatic heterocycles. The number of carboxylic acids is 1. The molecule has 2 unspecified atom stereocenters. The summed E-state index contributed by atoms with van der Waals surface area (Å²) in [4.78, 5) is 19.0. The summed E-state index contributed by atoms with van der Waals surface area (Å²) in [6.07, 6.45) is 4.93. The molecule has 0 amide bonds. The van der Waals surface area contributed by atoms with Gasteiger partial charge in [-0.25, -0.2) is 4.98 Å². The molecule has 2 aromatic carbocycles. The summed E-state index contributed by atoms with van der Waals surface area (Å²) in [5, 5.41) is 11.8. The van der Waals surface area contributed by atoms with E-state index >= 15 is 0 Å². The monoisotopic (exact) mass is 545 g/mol. The molecule has 0 aliphatic carbocycles. The highest BCUT2D eigenvalue weighted by molar-refractivity contribution is 6.35. The van der Waals surface area contributed by atoms with Crippen LogP contribution >= 0.6 is 23.2 Å². The highest BCUT2D eigenvalue weighted by atomic mass is 35.5. The number of carbonyl (C=O) groups excluding carboxylic acids is 1. The van der Waals surface area contributed by atoms with E-state index in [2.05, 4.69) is 9.88 Å². The van der Waals surface area contributed by atoms with Crippen LogP contribution < -0.4 is 14.7 Å². The fourth-order valence-corrected chi connectivity index (χ4v) is 5.22. The molecule has 2 saturated heterocycles. The molecule has 196 valence electrons. The van der Waals surface area contributed by atoms with Crippen LogP contribution in [0.4, 0.5) is 5.69 Å². The fraction of sp³-hybridized carbons (Fsp3) is 0.385. The lowest BCUT2D eigenvalue weighted by atomic mass is 10.1. The zero-order chi connectivity index (χ0) is 25.8. The molecule has 0 bridgehead atoms. The van der Waals surface area contributed by atoms with Gasteiger partial charge >= 0.3 is 0 Å². The average molecular weight is 546 g/mol. The normalized spacial score (nSPS) is 22.3. The van der Waals surface area contributed by atoms with E-state index in [9.17, 15) is 9.90 Å². The van der Waals surface area contributed by atoms with Gasteiger partial charge in [0.25, 0.3) is 0 Å². The number of piperazine rings is 1. The number of aliphatic carboxylic acids is 1. The Balaban J connectivity index is 1.20. The number of nitrogens with zero attached hydrogens (tertiary/aromatic N) is 4. The SMILES string of the molecule is O=C([O-])CN1CCN(c2ccc(OCC3COC(Cn4ccnc4)(c4ccc(Cl)cc4Cl)O3)cc2)CC1. The standard InChI is InChI=1S/C26H28Cl2N4O5/c27-19-1-6-23(24(28)13-19)26(17-31-8-7-29-18-31)36-16-22(37-26)15-35-21-4-2-20(3-5-21)32-11-9-30(10-12-32)14-25(33)34/h1-8,13,18,22H,9-12,14-17H2,(H,33,34)/p-1. The zero-order valence-electron chi connectivity index (χ0n) is 20.1. The number of benzene rings is 2. The Hall–Kier alpha value is -2.82. The number of carbonyl (C=O) groups is 1. The maximum absolute atomic E-state index is 10.8. The van der Waals surface area contributed by atoms with Gasteiger partial charge in [-0.15, -0.1) is 0 Å². The largest absolute Gasteiger partial charge is 0.549 e. The molecule has 5 rings (SSSR count). The van der Waals surface area contributed by atoms with Gasteiger partial charge in [0.15, 0.2) is 0 Å². The van der Waals surface area contributed by atoms with Crippen LogP contribution in [0.2, 0.25) is 10.0 Å². The molecule has 3 heterocycles. The van der Waals surface area contributed by atoms with Crippen LogP contribution in [-0.2, 0) is 26.6 Å². The van der Waals surface area contributed by atoms with Gasteiger partial charge in [-0.3, -0.25) is 4.90 Å². The number of hydrogen-bond donors (Lipinski definition) is 0. The van der Waals surface area contributed by atoms with Crippen molar-refractivity contribution in [3.8, 4) is 5.75 Å². The molecule has 9 nitrogen and oxygen atoms in total. The summed E-state index contributed by atoms with van der Waals surface area (Å²) in [7, 11) is 0. The number of aromatic nitrogens is 2. The predicted molar refractivity (Wildman–Crippen MR) is 137 cm³/mol. The molecule has 0 saturated carbocycles. The fourth-order valence-electron chi connectivity index (χ4n) is 4.66. The highest BCUT2D eigenvalue weighted by Crippen LogP contribution is 2.40. The topological polar surface area (TPSA) is 92.1 Å². The number of hydrogen-bond acceptors (Lipinski definition) is 8. The molecule has 0 spiro atoms. The first-order valence-electron chi connectivity index (χ1n) is 12.0. The Morgan fingerprint density at radius 3 is 2.59 bits per heavy atom. The molecule has 0 radical (unpaired) electrons. The lowest BCUT2D eigenvalue weighted by Gasteiger charge is -2.36. The number of halogens is 2. The van der Waals surface area contributed by atoms with Gasteiger partial charge in [0.05, 0.1) is 30.5 Å². The highest BCUT2D eigenvalue weighted by Gasteiger charge is 2.45. The maximum atomic E-state index is 10.8. The van der Waals surface area contributed by atoms with Crippen molar-refractivity contribution in [3.05, 3.63) is 76.8 Å². The Kier molecular flexibility index (Phi) is 7.87. The molecule has 0 N–H and O–H groups in total. The van der Waals surface area contributed by atoms with E-state index in [4.69, 9.17) is 37.4 Å². The predicted octanol–water partition coefficient (Wildman–Crippen LogP) is 2.41. The van der Waals surface area contributed by atoms with Crippen molar-refractivity contribution in [3.63, 3.8) is 0 Å². The first kappa shape index (κ1) is 25.8. The summed E-state index contributed by atoms with van der Waals surface area (Å²) in [5.41, 5.74) is 1.76. The van der Waals surface area contributed by atoms with Crippen molar-refractivity contribution < 1.29 is 24.1 Å². The lowest BCUT2D eigenvalue weighted by Crippen LogP contribution is -2.50. The van der Waals surface area contributed by atoms with Gasteiger partial charge in [-0.2, -0.15) is 0 Å². The second-order valence-corrected chi connectivity index (χ2v) is 9.95. The third kappa shape index (κ3) is 6.19. The number of ether oxygens (including phenoxy) is 3. The van der Waals surface area contributed by atoms with Crippen LogP contribution in [0, 0.1) is 0 Å². The van der Waals surface area contributed by atoms with E-state index < -0.39 is 11.8 Å². The first-order valence-corrected chi connectivity index (χ1v) is 12.8. The number of carboxylic acid groups (broad SMARTS) is 1. The van der Waals surface area contributed by atoms with E-state index in [1.54, 1.807) is 24.7 Å². The first-order chi connectivity index (χ1) is 17.9. The molecule has 3 aromatic rings. The summed E-state index contributed by atoms with van der Waals surface area (Å²) >= 11 is 12.6. The van der Waals surface area contributed by atoms with Gasteiger partial charge in [0.2, 0.25) is 5.79 Å². The molecular formula is C26H27Cl2N4O5-. The molecule has 2 aliphatic rings. The smallest absolute Gasteiger partial charge is 0.215 e. The molecule has 2 fully saturated rings. The van der Waals surface area contributed by atoms with Crippen LogP contribution in [0.1, 0.15) is 5.56 Å². The minimum Gasteiger partial charge on any atom is -0.549 e. The van der Waals surface area contributed by atoms with Gasteiger partial charge in [0.1, 0.15) is 18.5 Å². The Bertz CT molecular complexity index is 1200. The van der Waals surface area contributed by atoms with Crippen LogP contribution in [0.15, 0.2) is 61.2 Å². The van der Waals surface area contributed by atoms with E-state index in [-0.39, 0.29) is 12.6 Å². The van der Waals surface area contributed by atoms with E-state index in [0.29, 0.717) is 48.5 Å². The number of imidazole rings is 1. The van der Waals surface area contributed by atoms with E-state index in [1.165, 1.54) is 0 Å². The Morgan fingerprint density at radius 2 is 1.92 bits per heavy atom. The summed E-state index contributed by atoms with van der Waals surface area (Å²) in [6.45, 7) is 3.87. The summed E-state index contributed by atoms with van der Waals surface area (Å²) in [6, 6.07) is 13.1. The second-order valence-electron chi connectivity index (χ2n) is 9.10. The van der Waals surface area contributed by atoms with Crippen LogP contribution in [0.5, 0.6) is 5.75 Å². The summed E-state index contributed by atoms with van der Waals surface area (Å²) < 4.78 is 20.6. The molecule has 2 atom stereocenters. The van der Waals surface area contributed by atoms with Crippen molar-refractivity contribution in [1.82, 2.24) is 14.5 Å². The van der Waals surface area contributed by atoms with Crippen molar-refractivity contribution in [2.75, 3.05) is 50.8 Å². The van der Waals surface area contributed by atoms with Gasteiger partial charge < -0.3 is 33.6 Å². The van der Waals surface area contributed by atoms with E-state index in [1.807, 2.05) is 46.0 Å². The lowest BCUT2D eigenvalue weighted by molar-refractivity contribution is -0.306. The quantitative estimate of drug-likeness (QED) is 0.404. The minimum absolute atomic E-state index is 0.0264. The van der Waals surface area contributed by atoms with Gasteiger partial charge in [-0.1, -0.05) is 29.3 Å².